The average Bonchev–Trinajstić information content (AvgIpc) is 2.85. The molecule has 2 rings (SSSR count). The van der Waals surface area contributed by atoms with Gasteiger partial charge in [0.25, 0.3) is 0 Å². The van der Waals surface area contributed by atoms with Crippen molar-refractivity contribution in [1.29, 1.82) is 0 Å². The Morgan fingerprint density at radius 1 is 1.11 bits per heavy atom. The Kier molecular flexibility index (Phi) is 4.03. The van der Waals surface area contributed by atoms with E-state index < -0.39 is 0 Å². The van der Waals surface area contributed by atoms with E-state index in [-0.39, 0.29) is 0 Å². The molecule has 96 valence electrons. The van der Waals surface area contributed by atoms with Crippen LogP contribution in [0.2, 0.25) is 0 Å². The first-order valence-electron chi connectivity index (χ1n) is 6.53. The van der Waals surface area contributed by atoms with E-state index in [9.17, 15) is 0 Å². The molecule has 1 aromatic carbocycles. The molecule has 1 aromatic heterocycles. The summed E-state index contributed by atoms with van der Waals surface area (Å²) in [6.07, 6.45) is 5.52. The Balaban J connectivity index is 2.13. The first-order chi connectivity index (χ1) is 8.70. The van der Waals surface area contributed by atoms with Crippen LogP contribution in [0.3, 0.4) is 0 Å². The summed E-state index contributed by atoms with van der Waals surface area (Å²) in [6, 6.07) is 10.5. The second-order valence-electron chi connectivity index (χ2n) is 4.77. The van der Waals surface area contributed by atoms with Gasteiger partial charge in [0.15, 0.2) is 0 Å². The van der Waals surface area contributed by atoms with E-state index in [1.807, 2.05) is 25.0 Å². The predicted octanol–water partition coefficient (Wildman–Crippen LogP) is 3.28. The fraction of sp³-hybridized carbons (Fsp3) is 0.400. The summed E-state index contributed by atoms with van der Waals surface area (Å²) in [7, 11) is 4.09. The van der Waals surface area contributed by atoms with Gasteiger partial charge >= 0.3 is 0 Å². The summed E-state index contributed by atoms with van der Waals surface area (Å²) < 4.78 is 1.95. The molecule has 3 heteroatoms. The molecule has 0 radical (unpaired) electrons. The first-order valence-corrected chi connectivity index (χ1v) is 6.53. The van der Waals surface area contributed by atoms with E-state index >= 15 is 0 Å². The van der Waals surface area contributed by atoms with Crippen LogP contribution in [0.5, 0.6) is 0 Å². The Morgan fingerprint density at radius 2 is 1.83 bits per heavy atom. The van der Waals surface area contributed by atoms with Crippen LogP contribution in [-0.4, -0.2) is 23.9 Å². The summed E-state index contributed by atoms with van der Waals surface area (Å²) >= 11 is 0. The molecule has 2 aromatic rings. The van der Waals surface area contributed by atoms with Crippen molar-refractivity contribution in [2.75, 3.05) is 19.0 Å². The zero-order valence-electron chi connectivity index (χ0n) is 11.4. The van der Waals surface area contributed by atoms with Crippen LogP contribution in [0.15, 0.2) is 36.5 Å². The maximum absolute atomic E-state index is 4.60. The normalized spacial score (nSPS) is 10.6. The molecule has 0 aliphatic carbocycles. The van der Waals surface area contributed by atoms with Crippen LogP contribution in [0.25, 0.3) is 5.69 Å². The molecular weight excluding hydrogens is 222 g/mol. The number of aromatic nitrogens is 2. The molecule has 0 spiro atoms. The lowest BCUT2D eigenvalue weighted by molar-refractivity contribution is 0.752. The number of hydrogen-bond acceptors (Lipinski definition) is 2. The van der Waals surface area contributed by atoms with E-state index in [4.69, 9.17) is 0 Å². The van der Waals surface area contributed by atoms with Crippen LogP contribution in [0.1, 0.15) is 25.5 Å². The molecular formula is C15H21N3. The standard InChI is InChI=1S/C15H21N3/c1-4-5-6-13-11-12-18(16-13)15-9-7-14(8-10-15)17(2)3/h7-12H,4-6H2,1-3H3. The highest BCUT2D eigenvalue weighted by Crippen LogP contribution is 2.15. The van der Waals surface area contributed by atoms with Crippen molar-refractivity contribution in [3.05, 3.63) is 42.2 Å². The van der Waals surface area contributed by atoms with Crippen molar-refractivity contribution in [3.8, 4) is 5.69 Å². The largest absolute Gasteiger partial charge is 0.378 e. The van der Waals surface area contributed by atoms with Crippen LogP contribution >= 0.6 is 0 Å². The molecule has 18 heavy (non-hydrogen) atoms. The van der Waals surface area contributed by atoms with Gasteiger partial charge in [0.05, 0.1) is 11.4 Å². The minimum Gasteiger partial charge on any atom is -0.378 e. The topological polar surface area (TPSA) is 21.1 Å². The maximum atomic E-state index is 4.60. The van der Waals surface area contributed by atoms with Crippen molar-refractivity contribution in [1.82, 2.24) is 9.78 Å². The van der Waals surface area contributed by atoms with Crippen molar-refractivity contribution in [2.45, 2.75) is 26.2 Å². The highest BCUT2D eigenvalue weighted by atomic mass is 15.3. The molecule has 0 unspecified atom stereocenters. The Hall–Kier alpha value is -1.77. The van der Waals surface area contributed by atoms with Crippen molar-refractivity contribution < 1.29 is 0 Å². The third-order valence-electron chi connectivity index (χ3n) is 3.06. The second kappa shape index (κ2) is 5.71. The fourth-order valence-electron chi connectivity index (χ4n) is 1.90. The van der Waals surface area contributed by atoms with E-state index in [2.05, 4.69) is 47.3 Å². The lowest BCUT2D eigenvalue weighted by Gasteiger charge is -2.12. The summed E-state index contributed by atoms with van der Waals surface area (Å²) in [4.78, 5) is 2.10. The van der Waals surface area contributed by atoms with Crippen molar-refractivity contribution >= 4 is 5.69 Å². The number of unbranched alkanes of at least 4 members (excludes halogenated alkanes) is 1. The zero-order valence-corrected chi connectivity index (χ0v) is 11.4. The van der Waals surface area contributed by atoms with Gasteiger partial charge in [-0.3, -0.25) is 0 Å². The summed E-state index contributed by atoms with van der Waals surface area (Å²) in [5, 5.41) is 4.60. The van der Waals surface area contributed by atoms with E-state index in [0.29, 0.717) is 0 Å². The predicted molar refractivity (Wildman–Crippen MR) is 76.5 cm³/mol. The quantitative estimate of drug-likeness (QED) is 0.803. The van der Waals surface area contributed by atoms with Gasteiger partial charge in [-0.25, -0.2) is 4.68 Å². The molecule has 0 amide bonds. The molecule has 0 saturated heterocycles. The summed E-state index contributed by atoms with van der Waals surface area (Å²) in [6.45, 7) is 2.21. The summed E-state index contributed by atoms with van der Waals surface area (Å²) in [5.74, 6) is 0. The van der Waals surface area contributed by atoms with Gasteiger partial charge in [-0.15, -0.1) is 0 Å². The molecule has 0 fully saturated rings. The van der Waals surface area contributed by atoms with Gasteiger partial charge in [-0.2, -0.15) is 5.10 Å². The second-order valence-corrected chi connectivity index (χ2v) is 4.77. The molecule has 0 saturated carbocycles. The summed E-state index contributed by atoms with van der Waals surface area (Å²) in [5.41, 5.74) is 3.49. The fourth-order valence-corrected chi connectivity index (χ4v) is 1.90. The molecule has 0 aliphatic heterocycles. The average molecular weight is 243 g/mol. The maximum Gasteiger partial charge on any atom is 0.0647 e. The third-order valence-corrected chi connectivity index (χ3v) is 3.06. The highest BCUT2D eigenvalue weighted by molar-refractivity contribution is 5.49. The van der Waals surface area contributed by atoms with Crippen molar-refractivity contribution in [3.63, 3.8) is 0 Å². The highest BCUT2D eigenvalue weighted by Gasteiger charge is 2.01. The van der Waals surface area contributed by atoms with Gasteiger partial charge in [-0.1, -0.05) is 13.3 Å². The number of aryl methyl sites for hydroxylation is 1. The number of rotatable bonds is 5. The molecule has 3 nitrogen and oxygen atoms in total. The van der Waals surface area contributed by atoms with E-state index in [1.54, 1.807) is 0 Å². The lowest BCUT2D eigenvalue weighted by Crippen LogP contribution is -2.08. The number of hydrogen-bond donors (Lipinski definition) is 0. The van der Waals surface area contributed by atoms with Gasteiger partial charge in [0, 0.05) is 26.0 Å². The number of anilines is 1. The van der Waals surface area contributed by atoms with Gasteiger partial charge in [0.2, 0.25) is 0 Å². The minimum absolute atomic E-state index is 1.07. The van der Waals surface area contributed by atoms with Crippen LogP contribution < -0.4 is 4.90 Å². The smallest absolute Gasteiger partial charge is 0.0647 e. The van der Waals surface area contributed by atoms with Gasteiger partial charge in [-0.05, 0) is 43.2 Å². The molecule has 0 aliphatic rings. The van der Waals surface area contributed by atoms with Crippen molar-refractivity contribution in [2.24, 2.45) is 0 Å². The third kappa shape index (κ3) is 2.92. The molecule has 0 bridgehead atoms. The molecule has 0 atom stereocenters. The van der Waals surface area contributed by atoms with Crippen LogP contribution in [-0.2, 0) is 6.42 Å². The molecule has 1 heterocycles. The minimum atomic E-state index is 1.07. The Bertz CT molecular complexity index is 483. The van der Waals surface area contributed by atoms with Gasteiger partial charge in [0.1, 0.15) is 0 Å². The van der Waals surface area contributed by atoms with E-state index in [0.717, 1.165) is 12.1 Å². The number of nitrogens with zero attached hydrogens (tertiary/aromatic N) is 3. The van der Waals surface area contributed by atoms with Crippen LogP contribution in [0, 0.1) is 0 Å². The molecule has 0 N–H and O–H groups in total. The van der Waals surface area contributed by atoms with Crippen LogP contribution in [0.4, 0.5) is 5.69 Å². The first kappa shape index (κ1) is 12.7. The SMILES string of the molecule is CCCCc1ccn(-c2ccc(N(C)C)cc2)n1. The van der Waals surface area contributed by atoms with Gasteiger partial charge < -0.3 is 4.90 Å². The number of benzene rings is 1. The zero-order chi connectivity index (χ0) is 13.0. The Labute approximate surface area is 109 Å². The Morgan fingerprint density at radius 3 is 2.44 bits per heavy atom. The van der Waals surface area contributed by atoms with E-state index in [1.165, 1.54) is 24.2 Å². The lowest BCUT2D eigenvalue weighted by atomic mass is 10.2. The monoisotopic (exact) mass is 243 g/mol.